The number of piperidine rings is 1. The Balaban J connectivity index is 0.00000261. The Labute approximate surface area is 167 Å². The number of halogens is 1. The van der Waals surface area contributed by atoms with Crippen molar-refractivity contribution in [3.8, 4) is 0 Å². The minimum absolute atomic E-state index is 0. The molecule has 0 aromatic carbocycles. The van der Waals surface area contributed by atoms with Gasteiger partial charge in [-0.25, -0.2) is 0 Å². The maximum Gasteiger partial charge on any atom is 0.274 e. The van der Waals surface area contributed by atoms with E-state index >= 15 is 0 Å². The van der Waals surface area contributed by atoms with E-state index in [2.05, 4.69) is 20.6 Å². The monoisotopic (exact) mass is 398 g/mol. The van der Waals surface area contributed by atoms with E-state index in [-0.39, 0.29) is 30.3 Å². The third-order valence-electron chi connectivity index (χ3n) is 4.95. The second-order valence-electron chi connectivity index (χ2n) is 7.47. The van der Waals surface area contributed by atoms with Crippen molar-refractivity contribution < 1.29 is 9.59 Å². The Kier molecular flexibility index (Phi) is 8.07. The van der Waals surface area contributed by atoms with E-state index in [1.165, 1.54) is 0 Å². The zero-order valence-corrected chi connectivity index (χ0v) is 17.0. The standard InChI is InChI=1S/C18H30N6O2.ClH/c1-14(2)20-17(25)13-22-8-10-23(11-9-22)18(26)16-5-7-24(21-16)15-4-3-6-19-12-15;/h5,7,14-15,19H,3-4,6,8-13H2,1-2H3,(H,20,25);1H. The Morgan fingerprint density at radius 3 is 2.67 bits per heavy atom. The molecule has 1 unspecified atom stereocenters. The summed E-state index contributed by atoms with van der Waals surface area (Å²) in [5, 5.41) is 10.8. The molecule has 1 aromatic rings. The number of amides is 2. The highest BCUT2D eigenvalue weighted by Gasteiger charge is 2.25. The second-order valence-corrected chi connectivity index (χ2v) is 7.47. The maximum atomic E-state index is 12.7. The van der Waals surface area contributed by atoms with E-state index in [0.717, 1.165) is 25.9 Å². The molecule has 3 heterocycles. The molecular weight excluding hydrogens is 368 g/mol. The Morgan fingerprint density at radius 2 is 2.04 bits per heavy atom. The van der Waals surface area contributed by atoms with E-state index < -0.39 is 0 Å². The summed E-state index contributed by atoms with van der Waals surface area (Å²) < 4.78 is 1.92. The van der Waals surface area contributed by atoms with Gasteiger partial charge in [0.1, 0.15) is 5.69 Å². The van der Waals surface area contributed by atoms with Crippen LogP contribution in [-0.4, -0.2) is 83.2 Å². The van der Waals surface area contributed by atoms with Gasteiger partial charge in [0, 0.05) is 45.0 Å². The largest absolute Gasteiger partial charge is 0.353 e. The van der Waals surface area contributed by atoms with Gasteiger partial charge in [0.25, 0.3) is 5.91 Å². The van der Waals surface area contributed by atoms with Crippen LogP contribution in [0.25, 0.3) is 0 Å². The molecular formula is C18H31ClN6O2. The lowest BCUT2D eigenvalue weighted by molar-refractivity contribution is -0.123. The lowest BCUT2D eigenvalue weighted by Gasteiger charge is -2.34. The molecule has 0 bridgehead atoms. The molecule has 152 valence electrons. The van der Waals surface area contributed by atoms with Gasteiger partial charge in [-0.2, -0.15) is 5.10 Å². The van der Waals surface area contributed by atoms with Crippen molar-refractivity contribution in [2.45, 2.75) is 38.8 Å². The number of hydrogen-bond donors (Lipinski definition) is 2. The molecule has 8 nitrogen and oxygen atoms in total. The van der Waals surface area contributed by atoms with Crippen LogP contribution in [-0.2, 0) is 4.79 Å². The van der Waals surface area contributed by atoms with Crippen LogP contribution in [0, 0.1) is 0 Å². The van der Waals surface area contributed by atoms with Crippen molar-refractivity contribution in [3.05, 3.63) is 18.0 Å². The predicted molar refractivity (Wildman–Crippen MR) is 106 cm³/mol. The normalized spacial score (nSPS) is 21.0. The zero-order valence-electron chi connectivity index (χ0n) is 16.2. The van der Waals surface area contributed by atoms with Gasteiger partial charge >= 0.3 is 0 Å². The van der Waals surface area contributed by atoms with Crippen molar-refractivity contribution in [2.24, 2.45) is 0 Å². The van der Waals surface area contributed by atoms with Crippen LogP contribution in [0.3, 0.4) is 0 Å². The van der Waals surface area contributed by atoms with Gasteiger partial charge < -0.3 is 15.5 Å². The highest BCUT2D eigenvalue weighted by Crippen LogP contribution is 2.16. The topological polar surface area (TPSA) is 82.5 Å². The van der Waals surface area contributed by atoms with Crippen LogP contribution >= 0.6 is 12.4 Å². The highest BCUT2D eigenvalue weighted by atomic mass is 35.5. The zero-order chi connectivity index (χ0) is 18.5. The van der Waals surface area contributed by atoms with Crippen LogP contribution in [0.2, 0.25) is 0 Å². The number of rotatable bonds is 5. The summed E-state index contributed by atoms with van der Waals surface area (Å²) in [5.74, 6) is 0.0263. The molecule has 2 aliphatic heterocycles. The van der Waals surface area contributed by atoms with Crippen LogP contribution in [0.1, 0.15) is 43.2 Å². The first kappa shape index (κ1) is 21.7. The van der Waals surface area contributed by atoms with Crippen LogP contribution < -0.4 is 10.6 Å². The van der Waals surface area contributed by atoms with Crippen LogP contribution in [0.15, 0.2) is 12.3 Å². The summed E-state index contributed by atoms with van der Waals surface area (Å²) in [6.45, 7) is 8.96. The first-order chi connectivity index (χ1) is 12.5. The van der Waals surface area contributed by atoms with Crippen molar-refractivity contribution >= 4 is 24.2 Å². The van der Waals surface area contributed by atoms with Gasteiger partial charge in [-0.15, -0.1) is 12.4 Å². The smallest absolute Gasteiger partial charge is 0.274 e. The number of nitrogens with zero attached hydrogens (tertiary/aromatic N) is 4. The van der Waals surface area contributed by atoms with Crippen molar-refractivity contribution in [1.82, 2.24) is 30.2 Å². The number of carbonyl (C=O) groups excluding carboxylic acids is 2. The van der Waals surface area contributed by atoms with E-state index in [9.17, 15) is 9.59 Å². The van der Waals surface area contributed by atoms with Crippen LogP contribution in [0.5, 0.6) is 0 Å². The molecule has 2 N–H and O–H groups in total. The van der Waals surface area contributed by atoms with E-state index in [1.807, 2.05) is 35.7 Å². The van der Waals surface area contributed by atoms with Gasteiger partial charge in [-0.3, -0.25) is 19.2 Å². The summed E-state index contributed by atoms with van der Waals surface area (Å²) >= 11 is 0. The van der Waals surface area contributed by atoms with E-state index in [4.69, 9.17) is 0 Å². The van der Waals surface area contributed by atoms with Crippen molar-refractivity contribution in [1.29, 1.82) is 0 Å². The molecule has 0 radical (unpaired) electrons. The number of aromatic nitrogens is 2. The van der Waals surface area contributed by atoms with Crippen molar-refractivity contribution in [3.63, 3.8) is 0 Å². The third-order valence-corrected chi connectivity index (χ3v) is 4.95. The Hall–Kier alpha value is -1.64. The highest BCUT2D eigenvalue weighted by molar-refractivity contribution is 5.92. The molecule has 1 atom stereocenters. The second kappa shape index (κ2) is 10.1. The fourth-order valence-electron chi connectivity index (χ4n) is 3.56. The summed E-state index contributed by atoms with van der Waals surface area (Å²) in [6, 6.07) is 2.31. The first-order valence-corrected chi connectivity index (χ1v) is 9.60. The molecule has 0 saturated carbocycles. The van der Waals surface area contributed by atoms with Gasteiger partial charge in [0.15, 0.2) is 0 Å². The van der Waals surface area contributed by atoms with Gasteiger partial charge in [-0.1, -0.05) is 0 Å². The minimum Gasteiger partial charge on any atom is -0.353 e. The maximum absolute atomic E-state index is 12.7. The summed E-state index contributed by atoms with van der Waals surface area (Å²) in [5.41, 5.74) is 0.515. The Bertz CT molecular complexity index is 621. The lowest BCUT2D eigenvalue weighted by Crippen LogP contribution is -2.51. The van der Waals surface area contributed by atoms with E-state index in [0.29, 0.717) is 44.5 Å². The van der Waals surface area contributed by atoms with Crippen molar-refractivity contribution in [2.75, 3.05) is 45.8 Å². The summed E-state index contributed by atoms with van der Waals surface area (Å²) in [6.07, 6.45) is 4.15. The van der Waals surface area contributed by atoms with Crippen LogP contribution in [0.4, 0.5) is 0 Å². The predicted octanol–water partition coefficient (Wildman–Crippen LogP) is 0.512. The van der Waals surface area contributed by atoms with E-state index in [1.54, 1.807) is 0 Å². The third kappa shape index (κ3) is 5.92. The number of piperazine rings is 1. The van der Waals surface area contributed by atoms with Gasteiger partial charge in [-0.05, 0) is 39.3 Å². The molecule has 9 heteroatoms. The van der Waals surface area contributed by atoms with Gasteiger partial charge in [0.2, 0.25) is 5.91 Å². The molecule has 2 amide bonds. The fourth-order valence-corrected chi connectivity index (χ4v) is 3.56. The summed E-state index contributed by atoms with van der Waals surface area (Å²) in [7, 11) is 0. The average molecular weight is 399 g/mol. The molecule has 2 fully saturated rings. The molecule has 3 rings (SSSR count). The molecule has 0 aliphatic carbocycles. The molecule has 1 aromatic heterocycles. The SMILES string of the molecule is CC(C)NC(=O)CN1CCN(C(=O)c2ccn(C3CCCNC3)n2)CC1.Cl. The molecule has 0 spiro atoms. The quantitative estimate of drug-likeness (QED) is 0.755. The van der Waals surface area contributed by atoms with Gasteiger partial charge in [0.05, 0.1) is 12.6 Å². The first-order valence-electron chi connectivity index (χ1n) is 9.60. The number of carbonyl (C=O) groups is 2. The fraction of sp³-hybridized carbons (Fsp3) is 0.722. The summed E-state index contributed by atoms with van der Waals surface area (Å²) in [4.78, 5) is 28.5. The molecule has 2 saturated heterocycles. The number of nitrogens with one attached hydrogen (secondary N) is 2. The lowest BCUT2D eigenvalue weighted by atomic mass is 10.1. The minimum atomic E-state index is -0.0150. The molecule has 27 heavy (non-hydrogen) atoms. The Morgan fingerprint density at radius 1 is 1.30 bits per heavy atom. The average Bonchev–Trinajstić information content (AvgIpc) is 3.12. The molecule has 2 aliphatic rings. The number of hydrogen-bond acceptors (Lipinski definition) is 5.